The average Bonchev–Trinajstić information content (AvgIpc) is 3.44. The molecule has 5 rings (SSSR count). The summed E-state index contributed by atoms with van der Waals surface area (Å²) in [6.07, 6.45) is 7.07. The summed E-state index contributed by atoms with van der Waals surface area (Å²) < 4.78 is 1.28. The molecule has 3 aromatic heterocycles. The molecule has 4 N–H and O–H groups in total. The minimum Gasteiger partial charge on any atom is -0.357 e. The van der Waals surface area contributed by atoms with Crippen LogP contribution in [0.2, 0.25) is 0 Å². The van der Waals surface area contributed by atoms with Crippen molar-refractivity contribution in [2.75, 3.05) is 6.54 Å². The van der Waals surface area contributed by atoms with Gasteiger partial charge in [0.2, 0.25) is 0 Å². The summed E-state index contributed by atoms with van der Waals surface area (Å²) in [7, 11) is 0. The van der Waals surface area contributed by atoms with E-state index >= 15 is 0 Å². The van der Waals surface area contributed by atoms with Gasteiger partial charge in [-0.15, -0.1) is 0 Å². The van der Waals surface area contributed by atoms with Crippen LogP contribution < -0.4 is 16.2 Å². The molecular formula is C24H27N7O2. The minimum atomic E-state index is -0.344. The van der Waals surface area contributed by atoms with E-state index in [1.807, 2.05) is 12.1 Å². The zero-order valence-electron chi connectivity index (χ0n) is 18.3. The molecule has 0 unspecified atom stereocenters. The number of aromatic nitrogens is 5. The van der Waals surface area contributed by atoms with Gasteiger partial charge in [-0.2, -0.15) is 10.2 Å². The van der Waals surface area contributed by atoms with Gasteiger partial charge >= 0.3 is 0 Å². The van der Waals surface area contributed by atoms with E-state index < -0.39 is 0 Å². The number of nitrogens with zero attached hydrogens (tertiary/aromatic N) is 3. The minimum absolute atomic E-state index is 0.238. The number of aromatic amines is 2. The molecule has 4 aromatic rings. The second-order valence-corrected chi connectivity index (χ2v) is 8.65. The Morgan fingerprint density at radius 1 is 1.12 bits per heavy atom. The van der Waals surface area contributed by atoms with Crippen molar-refractivity contribution in [2.24, 2.45) is 5.92 Å². The lowest BCUT2D eigenvalue weighted by atomic mass is 9.85. The van der Waals surface area contributed by atoms with Crippen molar-refractivity contribution in [3.05, 3.63) is 81.7 Å². The summed E-state index contributed by atoms with van der Waals surface area (Å²) in [5.74, 6) is 0.504. The van der Waals surface area contributed by atoms with Gasteiger partial charge < -0.3 is 15.6 Å². The van der Waals surface area contributed by atoms with Crippen LogP contribution in [0, 0.1) is 5.92 Å². The second-order valence-electron chi connectivity index (χ2n) is 8.65. The van der Waals surface area contributed by atoms with Crippen LogP contribution in [0.1, 0.15) is 46.6 Å². The fraction of sp³-hybridized carbons (Fsp3) is 0.333. The predicted octanol–water partition coefficient (Wildman–Crippen LogP) is 2.32. The van der Waals surface area contributed by atoms with Gasteiger partial charge in [0.05, 0.1) is 24.0 Å². The zero-order chi connectivity index (χ0) is 22.6. The predicted molar refractivity (Wildman–Crippen MR) is 125 cm³/mol. The number of H-pyrrole nitrogens is 2. The first-order chi connectivity index (χ1) is 16.1. The van der Waals surface area contributed by atoms with Gasteiger partial charge in [-0.3, -0.25) is 14.7 Å². The summed E-state index contributed by atoms with van der Waals surface area (Å²) in [5, 5.41) is 18.3. The van der Waals surface area contributed by atoms with Crippen LogP contribution in [0.25, 0.3) is 10.9 Å². The molecule has 1 amide bonds. The molecule has 3 heterocycles. The highest BCUT2D eigenvalue weighted by Gasteiger charge is 2.16. The molecule has 0 bridgehead atoms. The Bertz CT molecular complexity index is 1300. The first-order valence-corrected chi connectivity index (χ1v) is 11.3. The van der Waals surface area contributed by atoms with Gasteiger partial charge in [0.1, 0.15) is 0 Å². The van der Waals surface area contributed by atoms with E-state index in [4.69, 9.17) is 0 Å². The second kappa shape index (κ2) is 9.41. The van der Waals surface area contributed by atoms with Crippen LogP contribution in [0.5, 0.6) is 0 Å². The number of rotatable bonds is 9. The maximum absolute atomic E-state index is 12.5. The van der Waals surface area contributed by atoms with Gasteiger partial charge in [0, 0.05) is 36.6 Å². The van der Waals surface area contributed by atoms with Crippen LogP contribution >= 0.6 is 0 Å². The van der Waals surface area contributed by atoms with Crippen LogP contribution in [0.3, 0.4) is 0 Å². The molecule has 170 valence electrons. The van der Waals surface area contributed by atoms with E-state index in [1.165, 1.54) is 36.2 Å². The number of nitrogens with one attached hydrogen (secondary N) is 4. The van der Waals surface area contributed by atoms with Crippen molar-refractivity contribution >= 4 is 16.8 Å². The third-order valence-corrected chi connectivity index (χ3v) is 6.18. The van der Waals surface area contributed by atoms with Crippen LogP contribution in [-0.4, -0.2) is 37.4 Å². The Balaban J connectivity index is 1.17. The number of fused-ring (bicyclic) bond motifs is 1. The quantitative estimate of drug-likeness (QED) is 0.315. The Hall–Kier alpha value is -3.72. The van der Waals surface area contributed by atoms with Gasteiger partial charge in [0.15, 0.2) is 0 Å². The normalized spacial score (nSPS) is 13.8. The lowest BCUT2D eigenvalue weighted by Crippen LogP contribution is -2.28. The third kappa shape index (κ3) is 5.04. The fourth-order valence-electron chi connectivity index (χ4n) is 4.04. The van der Waals surface area contributed by atoms with E-state index in [2.05, 4.69) is 43.0 Å². The van der Waals surface area contributed by atoms with Crippen molar-refractivity contribution in [3.8, 4) is 0 Å². The Morgan fingerprint density at radius 3 is 2.79 bits per heavy atom. The summed E-state index contributed by atoms with van der Waals surface area (Å²) >= 11 is 0. The zero-order valence-corrected chi connectivity index (χ0v) is 18.3. The summed E-state index contributed by atoms with van der Waals surface area (Å²) in [5.41, 5.74) is 3.84. The maximum Gasteiger partial charge on any atom is 0.267 e. The third-order valence-electron chi connectivity index (χ3n) is 6.18. The summed E-state index contributed by atoms with van der Waals surface area (Å²) in [4.78, 5) is 28.3. The van der Waals surface area contributed by atoms with Crippen molar-refractivity contribution in [2.45, 2.75) is 38.9 Å². The van der Waals surface area contributed by atoms with Gasteiger partial charge in [-0.05, 0) is 54.5 Å². The number of hydrogen-bond donors (Lipinski definition) is 4. The van der Waals surface area contributed by atoms with E-state index in [0.29, 0.717) is 6.54 Å². The molecule has 0 spiro atoms. The average molecular weight is 446 g/mol. The lowest BCUT2D eigenvalue weighted by molar-refractivity contribution is 0.0950. The van der Waals surface area contributed by atoms with Gasteiger partial charge in [-0.25, -0.2) is 4.68 Å². The molecule has 9 heteroatoms. The van der Waals surface area contributed by atoms with E-state index in [1.54, 1.807) is 12.3 Å². The van der Waals surface area contributed by atoms with E-state index in [0.717, 1.165) is 46.9 Å². The van der Waals surface area contributed by atoms with Crippen LogP contribution in [0.4, 0.5) is 0 Å². The number of carbonyl (C=O) groups is 1. The van der Waals surface area contributed by atoms with E-state index in [9.17, 15) is 9.59 Å². The molecule has 33 heavy (non-hydrogen) atoms. The molecule has 1 fully saturated rings. The number of benzene rings is 1. The maximum atomic E-state index is 12.5. The topological polar surface area (TPSA) is 120 Å². The SMILES string of the molecule is O=C(NCc1ccc2cc(CNCC3CCC3)[nH]c2c1)c1cnn(Cc2ccn[nH]2)c(=O)c1. The van der Waals surface area contributed by atoms with Crippen molar-refractivity contribution in [1.82, 2.24) is 35.6 Å². The lowest BCUT2D eigenvalue weighted by Gasteiger charge is -2.25. The molecule has 0 aliphatic heterocycles. The molecule has 1 aromatic carbocycles. The number of hydrogen-bond acceptors (Lipinski definition) is 5. The standard InChI is InChI=1S/C24H27N7O2/c32-23-10-19(13-28-31(23)15-20-6-7-27-30-20)24(33)26-12-17-4-5-18-9-21(29-22(18)8-17)14-25-11-16-2-1-3-16/h4-10,13,16,25,29H,1-3,11-12,14-15H2,(H,26,33)(H,27,30). The first kappa shape index (κ1) is 21.1. The molecule has 0 radical (unpaired) electrons. The van der Waals surface area contributed by atoms with Crippen molar-refractivity contribution in [3.63, 3.8) is 0 Å². The Morgan fingerprint density at radius 2 is 2.03 bits per heavy atom. The van der Waals surface area contributed by atoms with Gasteiger partial charge in [0.25, 0.3) is 11.5 Å². The van der Waals surface area contributed by atoms with Gasteiger partial charge in [-0.1, -0.05) is 18.6 Å². The Labute approximate surface area is 190 Å². The summed E-state index contributed by atoms with van der Waals surface area (Å²) in [6.45, 7) is 2.54. The fourth-order valence-corrected chi connectivity index (χ4v) is 4.04. The molecular weight excluding hydrogens is 418 g/mol. The van der Waals surface area contributed by atoms with Crippen molar-refractivity contribution in [1.29, 1.82) is 0 Å². The molecule has 0 saturated heterocycles. The highest BCUT2D eigenvalue weighted by molar-refractivity contribution is 5.93. The Kier molecular flexibility index (Phi) is 6.03. The number of carbonyl (C=O) groups excluding carboxylic acids is 1. The first-order valence-electron chi connectivity index (χ1n) is 11.3. The van der Waals surface area contributed by atoms with Crippen LogP contribution in [-0.2, 0) is 19.6 Å². The molecule has 1 aliphatic carbocycles. The van der Waals surface area contributed by atoms with Crippen LogP contribution in [0.15, 0.2) is 53.6 Å². The highest BCUT2D eigenvalue weighted by Crippen LogP contribution is 2.25. The summed E-state index contributed by atoms with van der Waals surface area (Å²) in [6, 6.07) is 11.3. The highest BCUT2D eigenvalue weighted by atomic mass is 16.2. The number of amides is 1. The molecule has 1 saturated carbocycles. The molecule has 9 nitrogen and oxygen atoms in total. The smallest absolute Gasteiger partial charge is 0.267 e. The monoisotopic (exact) mass is 445 g/mol. The molecule has 1 aliphatic rings. The molecule has 0 atom stereocenters. The van der Waals surface area contributed by atoms with Crippen molar-refractivity contribution < 1.29 is 4.79 Å². The largest absolute Gasteiger partial charge is 0.357 e. The van der Waals surface area contributed by atoms with E-state index in [-0.39, 0.29) is 23.6 Å².